The lowest BCUT2D eigenvalue weighted by atomic mass is 9.91. The third kappa shape index (κ3) is 5.73. The molecule has 196 valence electrons. The monoisotopic (exact) mass is 507 g/mol. The molecule has 37 heavy (non-hydrogen) atoms. The molecule has 2 amide bonds. The minimum absolute atomic E-state index is 0.0967. The van der Waals surface area contributed by atoms with Crippen LogP contribution in [0.25, 0.3) is 11.3 Å². The molecule has 1 aromatic carbocycles. The van der Waals surface area contributed by atoms with Gasteiger partial charge in [-0.1, -0.05) is 38.1 Å². The number of hydrogen-bond acceptors (Lipinski definition) is 7. The van der Waals surface area contributed by atoms with Crippen LogP contribution in [0.1, 0.15) is 56.9 Å². The number of likely N-dealkylation sites (tertiary alicyclic amines) is 1. The average molecular weight is 508 g/mol. The van der Waals surface area contributed by atoms with Crippen LogP contribution in [0.15, 0.2) is 47.1 Å². The Kier molecular flexibility index (Phi) is 8.05. The summed E-state index contributed by atoms with van der Waals surface area (Å²) in [6.07, 6.45) is 3.71. The molecule has 1 fully saturated rings. The Morgan fingerprint density at radius 1 is 1.22 bits per heavy atom. The minimum atomic E-state index is -0.619. The van der Waals surface area contributed by atoms with E-state index >= 15 is 0 Å². The van der Waals surface area contributed by atoms with E-state index in [2.05, 4.69) is 15.6 Å². The summed E-state index contributed by atoms with van der Waals surface area (Å²) in [5.74, 6) is -0.566. The van der Waals surface area contributed by atoms with Crippen molar-refractivity contribution in [1.82, 2.24) is 25.2 Å². The first-order valence-corrected chi connectivity index (χ1v) is 12.5. The normalized spacial score (nSPS) is 17.0. The molecule has 10 nitrogen and oxygen atoms in total. The Morgan fingerprint density at radius 2 is 1.97 bits per heavy atom. The van der Waals surface area contributed by atoms with Gasteiger partial charge in [-0.2, -0.15) is 5.10 Å². The van der Waals surface area contributed by atoms with Crippen molar-refractivity contribution in [2.45, 2.75) is 51.6 Å². The number of aryl methyl sites for hydroxylation is 1. The lowest BCUT2D eigenvalue weighted by Crippen LogP contribution is -2.48. The van der Waals surface area contributed by atoms with E-state index in [4.69, 9.17) is 9.26 Å². The summed E-state index contributed by atoms with van der Waals surface area (Å²) in [6.45, 7) is 6.12. The Bertz CT molecular complexity index is 1230. The fraction of sp³-hybridized carbons (Fsp3) is 0.444. The van der Waals surface area contributed by atoms with Gasteiger partial charge in [0.2, 0.25) is 11.8 Å². The number of carbonyl (C=O) groups is 3. The summed E-state index contributed by atoms with van der Waals surface area (Å²) in [5, 5.41) is 11.1. The zero-order valence-electron chi connectivity index (χ0n) is 21.6. The highest BCUT2D eigenvalue weighted by Gasteiger charge is 2.40. The van der Waals surface area contributed by atoms with E-state index in [1.54, 1.807) is 11.1 Å². The molecular formula is C27H33N5O5. The minimum Gasteiger partial charge on any atom is -0.468 e. The zero-order chi connectivity index (χ0) is 26.5. The van der Waals surface area contributed by atoms with Gasteiger partial charge < -0.3 is 19.5 Å². The topological polar surface area (TPSA) is 120 Å². The van der Waals surface area contributed by atoms with Gasteiger partial charge in [0, 0.05) is 25.9 Å². The van der Waals surface area contributed by atoms with Gasteiger partial charge in [0.15, 0.2) is 12.0 Å². The number of nitrogens with zero attached hydrogens (tertiary/aromatic N) is 4. The van der Waals surface area contributed by atoms with Gasteiger partial charge >= 0.3 is 0 Å². The molecule has 1 saturated heterocycles. The van der Waals surface area contributed by atoms with Crippen LogP contribution in [0.4, 0.5) is 0 Å². The van der Waals surface area contributed by atoms with Crippen molar-refractivity contribution in [2.24, 2.45) is 13.0 Å². The molecule has 1 N–H and O–H groups in total. The van der Waals surface area contributed by atoms with Gasteiger partial charge in [0.25, 0.3) is 5.88 Å². The summed E-state index contributed by atoms with van der Waals surface area (Å²) in [4.78, 5) is 39.1. The number of rotatable bonds is 10. The predicted octanol–water partition coefficient (Wildman–Crippen LogP) is 3.26. The number of aromatic nitrogens is 3. The number of ether oxygens (including phenoxy) is 1. The first-order valence-electron chi connectivity index (χ1n) is 12.5. The van der Waals surface area contributed by atoms with Crippen LogP contribution in [-0.4, -0.2) is 57.1 Å². The highest BCUT2D eigenvalue weighted by atomic mass is 16.5. The number of benzene rings is 1. The van der Waals surface area contributed by atoms with Crippen molar-refractivity contribution in [3.8, 4) is 17.1 Å². The van der Waals surface area contributed by atoms with Gasteiger partial charge in [-0.25, -0.2) is 0 Å². The third-order valence-electron chi connectivity index (χ3n) is 6.77. The maximum Gasteiger partial charge on any atom is 0.254 e. The van der Waals surface area contributed by atoms with E-state index in [-0.39, 0.29) is 36.3 Å². The smallest absolute Gasteiger partial charge is 0.254 e. The molecule has 2 aromatic heterocycles. The molecule has 3 atom stereocenters. The molecule has 0 aliphatic carbocycles. The van der Waals surface area contributed by atoms with Crippen LogP contribution < -0.4 is 10.1 Å². The summed E-state index contributed by atoms with van der Waals surface area (Å²) >= 11 is 0. The number of hydrogen-bond donors (Lipinski definition) is 1. The standard InChI is InChI=1S/C27H33N5O5/c1-17(2)25(23-16-24(30-37-23)36-15-14-33)27(35)32-13-5-6-22(32)26(34)29-18(3)19-7-9-20(10-8-19)21-11-12-28-31(21)4/h7-12,14,16-18,22,25H,5-6,13,15H2,1-4H3,(H,29,34). The third-order valence-corrected chi connectivity index (χ3v) is 6.77. The lowest BCUT2D eigenvalue weighted by Gasteiger charge is -2.29. The fourth-order valence-corrected chi connectivity index (χ4v) is 4.82. The molecule has 3 unspecified atom stereocenters. The number of aldehydes is 1. The van der Waals surface area contributed by atoms with Gasteiger partial charge in [-0.15, -0.1) is 0 Å². The quantitative estimate of drug-likeness (QED) is 0.418. The second-order valence-corrected chi connectivity index (χ2v) is 9.65. The van der Waals surface area contributed by atoms with E-state index in [1.807, 2.05) is 62.8 Å². The van der Waals surface area contributed by atoms with Crippen molar-refractivity contribution in [2.75, 3.05) is 13.2 Å². The van der Waals surface area contributed by atoms with Crippen LogP contribution >= 0.6 is 0 Å². The number of carbonyl (C=O) groups excluding carboxylic acids is 3. The summed E-state index contributed by atoms with van der Waals surface area (Å²) in [7, 11) is 1.90. The van der Waals surface area contributed by atoms with E-state index in [9.17, 15) is 14.4 Å². The van der Waals surface area contributed by atoms with Crippen molar-refractivity contribution in [3.63, 3.8) is 0 Å². The highest BCUT2D eigenvalue weighted by molar-refractivity contribution is 5.91. The van der Waals surface area contributed by atoms with E-state index in [0.29, 0.717) is 25.0 Å². The average Bonchev–Trinajstić information content (AvgIpc) is 3.64. The molecule has 0 saturated carbocycles. The molecule has 4 rings (SSSR count). The molecule has 10 heteroatoms. The van der Waals surface area contributed by atoms with Crippen LogP contribution in [0.2, 0.25) is 0 Å². The van der Waals surface area contributed by atoms with Gasteiger partial charge in [-0.3, -0.25) is 19.1 Å². The lowest BCUT2D eigenvalue weighted by molar-refractivity contribution is -0.141. The van der Waals surface area contributed by atoms with E-state index in [0.717, 1.165) is 23.2 Å². The predicted molar refractivity (Wildman–Crippen MR) is 136 cm³/mol. The van der Waals surface area contributed by atoms with Gasteiger partial charge in [0.05, 0.1) is 11.7 Å². The SMILES string of the molecule is CC(NC(=O)C1CCCN1C(=O)C(c1cc(OCC=O)no1)C(C)C)c1ccc(-c2ccnn2C)cc1. The van der Waals surface area contributed by atoms with Gasteiger partial charge in [0.1, 0.15) is 18.6 Å². The van der Waals surface area contributed by atoms with Crippen LogP contribution in [-0.2, 0) is 21.4 Å². The summed E-state index contributed by atoms with van der Waals surface area (Å²) in [5.41, 5.74) is 3.03. The Hall–Kier alpha value is -3.95. The van der Waals surface area contributed by atoms with Crippen molar-refractivity contribution < 1.29 is 23.6 Å². The van der Waals surface area contributed by atoms with Crippen molar-refractivity contribution in [1.29, 1.82) is 0 Å². The Balaban J connectivity index is 1.43. The van der Waals surface area contributed by atoms with Crippen LogP contribution in [0.5, 0.6) is 5.88 Å². The molecule has 0 bridgehead atoms. The Morgan fingerprint density at radius 3 is 2.62 bits per heavy atom. The van der Waals surface area contributed by atoms with E-state index in [1.165, 1.54) is 6.07 Å². The fourth-order valence-electron chi connectivity index (χ4n) is 4.82. The van der Waals surface area contributed by atoms with Crippen molar-refractivity contribution >= 4 is 18.1 Å². The zero-order valence-corrected chi connectivity index (χ0v) is 21.6. The van der Waals surface area contributed by atoms with Crippen molar-refractivity contribution in [3.05, 3.63) is 53.9 Å². The molecule has 0 spiro atoms. The maximum absolute atomic E-state index is 13.6. The van der Waals surface area contributed by atoms with Crippen LogP contribution in [0, 0.1) is 5.92 Å². The first-order chi connectivity index (χ1) is 17.8. The molecule has 1 aliphatic rings. The summed E-state index contributed by atoms with van der Waals surface area (Å²) in [6, 6.07) is 10.7. The van der Waals surface area contributed by atoms with E-state index < -0.39 is 12.0 Å². The second-order valence-electron chi connectivity index (χ2n) is 9.65. The largest absolute Gasteiger partial charge is 0.468 e. The molecule has 3 heterocycles. The number of amides is 2. The summed E-state index contributed by atoms with van der Waals surface area (Å²) < 4.78 is 12.4. The maximum atomic E-state index is 13.6. The Labute approximate surface area is 215 Å². The highest BCUT2D eigenvalue weighted by Crippen LogP contribution is 2.32. The number of nitrogens with one attached hydrogen (secondary N) is 1. The second kappa shape index (κ2) is 11.4. The molecule has 0 radical (unpaired) electrons. The first kappa shape index (κ1) is 26.1. The molecular weight excluding hydrogens is 474 g/mol. The molecule has 3 aromatic rings. The van der Waals surface area contributed by atoms with Crippen LogP contribution in [0.3, 0.4) is 0 Å². The van der Waals surface area contributed by atoms with Gasteiger partial charge in [-0.05, 0) is 48.0 Å². The molecule has 1 aliphatic heterocycles.